The zero-order chi connectivity index (χ0) is 21.7. The second-order valence-electron chi connectivity index (χ2n) is 6.71. The van der Waals surface area contributed by atoms with Crippen LogP contribution in [-0.2, 0) is 19.6 Å². The summed E-state index contributed by atoms with van der Waals surface area (Å²) in [4.78, 5) is 11.7. The van der Waals surface area contributed by atoms with Crippen molar-refractivity contribution >= 4 is 16.1 Å². The van der Waals surface area contributed by atoms with Crippen molar-refractivity contribution < 1.29 is 48.8 Å². The van der Waals surface area contributed by atoms with Crippen LogP contribution < -0.4 is 0 Å². The average molecular weight is 430 g/mol. The van der Waals surface area contributed by atoms with E-state index in [4.69, 9.17) is 4.55 Å². The highest BCUT2D eigenvalue weighted by molar-refractivity contribution is 7.85. The molecule has 0 saturated heterocycles. The summed E-state index contributed by atoms with van der Waals surface area (Å²) in [6.45, 7) is 5.52. The van der Waals surface area contributed by atoms with Crippen molar-refractivity contribution in [1.82, 2.24) is 0 Å². The Balaban J connectivity index is 5.53. The first-order valence-corrected chi connectivity index (χ1v) is 9.88. The van der Waals surface area contributed by atoms with E-state index < -0.39 is 46.2 Å². The van der Waals surface area contributed by atoms with Gasteiger partial charge in [-0.2, -0.15) is 34.8 Å². The number of esters is 1. The fraction of sp³-hybridized carbons (Fsp3) is 0.933. The monoisotopic (exact) mass is 430 g/mol. The summed E-state index contributed by atoms with van der Waals surface area (Å²) < 4.78 is 112. The van der Waals surface area contributed by atoms with E-state index in [1.165, 1.54) is 0 Å². The van der Waals surface area contributed by atoms with Crippen molar-refractivity contribution in [3.63, 3.8) is 0 Å². The van der Waals surface area contributed by atoms with Gasteiger partial charge in [-0.1, -0.05) is 40.0 Å². The summed E-state index contributed by atoms with van der Waals surface area (Å²) in [6.07, 6.45) is -11.1. The summed E-state index contributed by atoms with van der Waals surface area (Å²) in [5.41, 5.74) is -5.33. The highest BCUT2D eigenvalue weighted by Gasteiger charge is 2.75. The number of ether oxygens (including phenoxy) is 1. The Bertz CT molecular complexity index is 568. The van der Waals surface area contributed by atoms with Crippen LogP contribution in [0, 0.1) is 11.8 Å². The molecule has 162 valence electrons. The number of carbonyl (C=O) groups excluding carboxylic acids is 1. The van der Waals surface area contributed by atoms with Gasteiger partial charge in [0.05, 0.1) is 0 Å². The molecule has 12 heteroatoms. The third kappa shape index (κ3) is 7.84. The van der Waals surface area contributed by atoms with Gasteiger partial charge in [-0.3, -0.25) is 9.35 Å². The average Bonchev–Trinajstić information content (AvgIpc) is 2.42. The molecule has 1 unspecified atom stereocenters. The first-order chi connectivity index (χ1) is 12.0. The molecule has 0 amide bonds. The zero-order valence-electron chi connectivity index (χ0n) is 15.2. The quantitative estimate of drug-likeness (QED) is 0.313. The minimum Gasteiger partial charge on any atom is -0.438 e. The molecule has 0 aliphatic carbocycles. The van der Waals surface area contributed by atoms with Gasteiger partial charge in [-0.25, -0.2) is 0 Å². The minimum absolute atomic E-state index is 0.00578. The van der Waals surface area contributed by atoms with Gasteiger partial charge in [0.2, 0.25) is 0 Å². The van der Waals surface area contributed by atoms with Crippen molar-refractivity contribution in [3.8, 4) is 0 Å². The highest BCUT2D eigenvalue weighted by Crippen LogP contribution is 2.47. The van der Waals surface area contributed by atoms with E-state index >= 15 is 0 Å². The summed E-state index contributed by atoms with van der Waals surface area (Å²) in [7, 11) is -5.77. The highest BCUT2D eigenvalue weighted by atomic mass is 32.2. The van der Waals surface area contributed by atoms with Gasteiger partial charge in [-0.05, 0) is 18.3 Å². The van der Waals surface area contributed by atoms with Gasteiger partial charge in [-0.15, -0.1) is 0 Å². The Hall–Kier alpha value is -1.04. The standard InChI is InChI=1S/C15H24F6O5S/c1-4-5-6-11(10(2)3)7-8-12(22)26-13(14(16,17)18,15(19,20)21)9-27(23,24)25/h10-11H,4-9H2,1-3H3,(H,23,24,25). The normalized spacial score (nSPS) is 15.1. The Morgan fingerprint density at radius 1 is 1.04 bits per heavy atom. The lowest BCUT2D eigenvalue weighted by Gasteiger charge is -2.35. The van der Waals surface area contributed by atoms with Crippen LogP contribution in [0.2, 0.25) is 0 Å². The van der Waals surface area contributed by atoms with Crippen molar-refractivity contribution in [1.29, 1.82) is 0 Å². The molecular weight excluding hydrogens is 406 g/mol. The van der Waals surface area contributed by atoms with Gasteiger partial charge in [0.15, 0.2) is 0 Å². The third-order valence-electron chi connectivity index (χ3n) is 4.18. The lowest BCUT2D eigenvalue weighted by molar-refractivity contribution is -0.361. The van der Waals surface area contributed by atoms with E-state index in [0.717, 1.165) is 12.8 Å². The lowest BCUT2D eigenvalue weighted by Crippen LogP contribution is -2.63. The van der Waals surface area contributed by atoms with Gasteiger partial charge in [0.25, 0.3) is 10.1 Å². The molecule has 1 atom stereocenters. The molecule has 1 N–H and O–H groups in total. The van der Waals surface area contributed by atoms with Crippen molar-refractivity contribution in [3.05, 3.63) is 0 Å². The van der Waals surface area contributed by atoms with Crippen LogP contribution in [-0.4, -0.2) is 42.6 Å². The van der Waals surface area contributed by atoms with Gasteiger partial charge >= 0.3 is 23.9 Å². The Kier molecular flexibility index (Phi) is 9.08. The Labute approximate surface area is 154 Å². The molecule has 0 aromatic rings. The summed E-state index contributed by atoms with van der Waals surface area (Å²) in [5.74, 6) is -4.78. The molecule has 0 aromatic carbocycles. The van der Waals surface area contributed by atoms with E-state index in [1.54, 1.807) is 13.8 Å². The van der Waals surface area contributed by atoms with Crippen LogP contribution in [0.25, 0.3) is 0 Å². The van der Waals surface area contributed by atoms with E-state index in [-0.39, 0.29) is 18.3 Å². The molecule has 0 fully saturated rings. The number of hydrogen-bond acceptors (Lipinski definition) is 4. The third-order valence-corrected chi connectivity index (χ3v) is 4.95. The topological polar surface area (TPSA) is 80.7 Å². The number of rotatable bonds is 10. The second-order valence-corrected chi connectivity index (χ2v) is 8.16. The SMILES string of the molecule is CCCCC(CCC(=O)OC(CS(=O)(=O)O)(C(F)(F)F)C(F)(F)F)C(C)C. The van der Waals surface area contributed by atoms with Gasteiger partial charge in [0, 0.05) is 6.42 Å². The predicted molar refractivity (Wildman–Crippen MR) is 84.4 cm³/mol. The smallest absolute Gasteiger partial charge is 0.438 e. The number of hydrogen-bond donors (Lipinski definition) is 1. The molecule has 0 aliphatic heterocycles. The first kappa shape index (κ1) is 26.0. The van der Waals surface area contributed by atoms with E-state index in [0.29, 0.717) is 6.42 Å². The van der Waals surface area contributed by atoms with Gasteiger partial charge in [0.1, 0.15) is 5.75 Å². The van der Waals surface area contributed by atoms with Crippen LogP contribution in [0.1, 0.15) is 52.9 Å². The maximum Gasteiger partial charge on any atom is 0.438 e. The minimum atomic E-state index is -6.30. The summed E-state index contributed by atoms with van der Waals surface area (Å²) in [6, 6.07) is 0. The Morgan fingerprint density at radius 3 is 1.85 bits per heavy atom. The van der Waals surface area contributed by atoms with Crippen LogP contribution in [0.3, 0.4) is 0 Å². The van der Waals surface area contributed by atoms with Crippen molar-refractivity contribution in [2.24, 2.45) is 11.8 Å². The molecule has 27 heavy (non-hydrogen) atoms. The summed E-state index contributed by atoms with van der Waals surface area (Å²) >= 11 is 0. The van der Waals surface area contributed by atoms with E-state index in [2.05, 4.69) is 4.74 Å². The molecule has 0 heterocycles. The Morgan fingerprint density at radius 2 is 1.52 bits per heavy atom. The molecule has 0 saturated carbocycles. The first-order valence-electron chi connectivity index (χ1n) is 8.27. The van der Waals surface area contributed by atoms with Crippen LogP contribution in [0.15, 0.2) is 0 Å². The number of halogens is 6. The number of alkyl halides is 6. The number of unbranched alkanes of at least 4 members (excludes halogenated alkanes) is 1. The maximum absolute atomic E-state index is 13.1. The van der Waals surface area contributed by atoms with Crippen LogP contribution >= 0.6 is 0 Å². The largest absolute Gasteiger partial charge is 0.438 e. The zero-order valence-corrected chi connectivity index (χ0v) is 16.0. The number of carbonyl (C=O) groups is 1. The van der Waals surface area contributed by atoms with Crippen molar-refractivity contribution in [2.75, 3.05) is 5.75 Å². The summed E-state index contributed by atoms with van der Waals surface area (Å²) in [5, 5.41) is 0. The van der Waals surface area contributed by atoms with Crippen molar-refractivity contribution in [2.45, 2.75) is 70.8 Å². The molecule has 0 radical (unpaired) electrons. The van der Waals surface area contributed by atoms with Crippen LogP contribution in [0.5, 0.6) is 0 Å². The molecule has 0 aromatic heterocycles. The van der Waals surface area contributed by atoms with Crippen LogP contribution in [0.4, 0.5) is 26.3 Å². The van der Waals surface area contributed by atoms with E-state index in [1.807, 2.05) is 6.92 Å². The lowest BCUT2D eigenvalue weighted by atomic mass is 9.87. The molecule has 0 spiro atoms. The van der Waals surface area contributed by atoms with Gasteiger partial charge < -0.3 is 4.74 Å². The molecule has 0 rings (SSSR count). The maximum atomic E-state index is 13.1. The fourth-order valence-electron chi connectivity index (χ4n) is 2.55. The molecule has 0 aliphatic rings. The molecular formula is C15H24F6O5S. The van der Waals surface area contributed by atoms with E-state index in [9.17, 15) is 39.6 Å². The molecule has 5 nitrogen and oxygen atoms in total. The second kappa shape index (κ2) is 9.44. The predicted octanol–water partition coefficient (Wildman–Crippen LogP) is 4.52. The molecule has 0 bridgehead atoms. The fourth-order valence-corrected chi connectivity index (χ4v) is 3.45.